The van der Waals surface area contributed by atoms with E-state index in [0.717, 1.165) is 12.4 Å². The van der Waals surface area contributed by atoms with Crippen LogP contribution in [0.15, 0.2) is 24.3 Å². The monoisotopic (exact) mass is 220 g/mol. The Kier molecular flexibility index (Phi) is 5.99. The van der Waals surface area contributed by atoms with Crippen LogP contribution in [-0.2, 0) is 0 Å². The fourth-order valence-electron chi connectivity index (χ4n) is 2.03. The summed E-state index contributed by atoms with van der Waals surface area (Å²) in [5.41, 5.74) is 1.36. The van der Waals surface area contributed by atoms with Gasteiger partial charge >= 0.3 is 0 Å². The summed E-state index contributed by atoms with van der Waals surface area (Å²) in [4.78, 5) is 0. The van der Waals surface area contributed by atoms with Crippen LogP contribution in [0.25, 0.3) is 0 Å². The summed E-state index contributed by atoms with van der Waals surface area (Å²) in [7, 11) is 0. The smallest absolute Gasteiger partial charge is 0.122 e. The highest BCUT2D eigenvalue weighted by atomic mass is 16.5. The first-order chi connectivity index (χ1) is 7.79. The summed E-state index contributed by atoms with van der Waals surface area (Å²) in [6.07, 6.45) is 5.21. The van der Waals surface area contributed by atoms with E-state index in [9.17, 15) is 0 Å². The molecular formula is C15H24O. The Morgan fingerprint density at radius 3 is 2.56 bits per heavy atom. The fraction of sp³-hybridized carbons (Fsp3) is 0.600. The normalized spacial score (nSPS) is 12.4. The highest BCUT2D eigenvalue weighted by molar-refractivity contribution is 5.35. The first kappa shape index (κ1) is 13.1. The SMILES string of the molecule is CCCCCC(C)c1ccccc1OCC. The third kappa shape index (κ3) is 3.88. The van der Waals surface area contributed by atoms with Crippen molar-refractivity contribution in [3.05, 3.63) is 29.8 Å². The first-order valence-electron chi connectivity index (χ1n) is 6.51. The van der Waals surface area contributed by atoms with E-state index >= 15 is 0 Å². The molecule has 0 aliphatic heterocycles. The van der Waals surface area contributed by atoms with E-state index in [1.165, 1.54) is 31.2 Å². The summed E-state index contributed by atoms with van der Waals surface area (Å²) >= 11 is 0. The Bertz CT molecular complexity index is 293. The molecule has 1 unspecified atom stereocenters. The minimum Gasteiger partial charge on any atom is -0.494 e. The molecule has 0 radical (unpaired) electrons. The van der Waals surface area contributed by atoms with Crippen molar-refractivity contribution in [3.63, 3.8) is 0 Å². The zero-order valence-corrected chi connectivity index (χ0v) is 10.8. The molecule has 1 nitrogen and oxygen atoms in total. The number of benzene rings is 1. The largest absolute Gasteiger partial charge is 0.494 e. The molecule has 0 saturated carbocycles. The van der Waals surface area contributed by atoms with Crippen molar-refractivity contribution in [1.29, 1.82) is 0 Å². The van der Waals surface area contributed by atoms with Crippen LogP contribution < -0.4 is 4.74 Å². The van der Waals surface area contributed by atoms with E-state index in [1.807, 2.05) is 13.0 Å². The Morgan fingerprint density at radius 2 is 1.88 bits per heavy atom. The van der Waals surface area contributed by atoms with E-state index in [1.54, 1.807) is 0 Å². The minimum atomic E-state index is 0.606. The molecule has 0 amide bonds. The number of hydrogen-bond donors (Lipinski definition) is 0. The maximum Gasteiger partial charge on any atom is 0.122 e. The Balaban J connectivity index is 2.62. The molecule has 0 aromatic heterocycles. The van der Waals surface area contributed by atoms with Gasteiger partial charge in [0.25, 0.3) is 0 Å². The van der Waals surface area contributed by atoms with Crippen LogP contribution in [0.4, 0.5) is 0 Å². The van der Waals surface area contributed by atoms with E-state index in [4.69, 9.17) is 4.74 Å². The maximum atomic E-state index is 5.66. The van der Waals surface area contributed by atoms with Gasteiger partial charge in [-0.1, -0.05) is 51.3 Å². The second-order valence-corrected chi connectivity index (χ2v) is 4.37. The van der Waals surface area contributed by atoms with Crippen LogP contribution in [0.2, 0.25) is 0 Å². The molecule has 1 atom stereocenters. The van der Waals surface area contributed by atoms with Gasteiger partial charge in [0.2, 0.25) is 0 Å². The molecule has 0 heterocycles. The molecule has 1 heteroatoms. The number of para-hydroxylation sites is 1. The Labute approximate surface area is 99.8 Å². The number of ether oxygens (including phenoxy) is 1. The van der Waals surface area contributed by atoms with Gasteiger partial charge in [-0.2, -0.15) is 0 Å². The van der Waals surface area contributed by atoms with Crippen LogP contribution in [0.5, 0.6) is 5.75 Å². The standard InChI is InChI=1S/C15H24O/c1-4-6-7-10-13(3)14-11-8-9-12-15(14)16-5-2/h8-9,11-13H,4-7,10H2,1-3H3. The van der Waals surface area contributed by atoms with Crippen molar-refractivity contribution >= 4 is 0 Å². The van der Waals surface area contributed by atoms with E-state index in [2.05, 4.69) is 32.0 Å². The molecule has 0 N–H and O–H groups in total. The van der Waals surface area contributed by atoms with Gasteiger partial charge in [0, 0.05) is 0 Å². The maximum absolute atomic E-state index is 5.66. The predicted molar refractivity (Wildman–Crippen MR) is 70.2 cm³/mol. The fourth-order valence-corrected chi connectivity index (χ4v) is 2.03. The topological polar surface area (TPSA) is 9.23 Å². The van der Waals surface area contributed by atoms with Gasteiger partial charge in [-0.3, -0.25) is 0 Å². The molecule has 0 aliphatic rings. The van der Waals surface area contributed by atoms with Gasteiger partial charge in [0.1, 0.15) is 5.75 Å². The molecule has 1 rings (SSSR count). The number of rotatable bonds is 7. The van der Waals surface area contributed by atoms with Crippen molar-refractivity contribution in [3.8, 4) is 5.75 Å². The first-order valence-corrected chi connectivity index (χ1v) is 6.51. The zero-order valence-electron chi connectivity index (χ0n) is 10.8. The van der Waals surface area contributed by atoms with Crippen molar-refractivity contribution in [2.24, 2.45) is 0 Å². The van der Waals surface area contributed by atoms with Crippen LogP contribution >= 0.6 is 0 Å². The Hall–Kier alpha value is -0.980. The van der Waals surface area contributed by atoms with Crippen LogP contribution in [0.3, 0.4) is 0 Å². The molecule has 0 spiro atoms. The van der Waals surface area contributed by atoms with Gasteiger partial charge in [-0.25, -0.2) is 0 Å². The summed E-state index contributed by atoms with van der Waals surface area (Å²) in [5, 5.41) is 0. The lowest BCUT2D eigenvalue weighted by Gasteiger charge is -2.16. The molecule has 1 aromatic rings. The van der Waals surface area contributed by atoms with Crippen LogP contribution in [0.1, 0.15) is 57.9 Å². The molecule has 0 bridgehead atoms. The van der Waals surface area contributed by atoms with Crippen LogP contribution in [-0.4, -0.2) is 6.61 Å². The summed E-state index contributed by atoms with van der Waals surface area (Å²) in [5.74, 6) is 1.67. The quantitative estimate of drug-likeness (QED) is 0.601. The van der Waals surface area contributed by atoms with Crippen molar-refractivity contribution in [2.45, 2.75) is 52.4 Å². The molecule has 90 valence electrons. The molecule has 0 aliphatic carbocycles. The van der Waals surface area contributed by atoms with Crippen molar-refractivity contribution < 1.29 is 4.74 Å². The summed E-state index contributed by atoms with van der Waals surface area (Å²) in [6.45, 7) is 7.34. The van der Waals surface area contributed by atoms with E-state index in [-0.39, 0.29) is 0 Å². The van der Waals surface area contributed by atoms with Gasteiger partial charge < -0.3 is 4.74 Å². The predicted octanol–water partition coefficient (Wildman–Crippen LogP) is 4.77. The zero-order chi connectivity index (χ0) is 11.8. The van der Waals surface area contributed by atoms with Gasteiger partial charge in [-0.15, -0.1) is 0 Å². The van der Waals surface area contributed by atoms with E-state index in [0.29, 0.717) is 5.92 Å². The molecule has 16 heavy (non-hydrogen) atoms. The molecule has 0 saturated heterocycles. The average molecular weight is 220 g/mol. The summed E-state index contributed by atoms with van der Waals surface area (Å²) in [6, 6.07) is 8.43. The lowest BCUT2D eigenvalue weighted by atomic mass is 9.94. The third-order valence-corrected chi connectivity index (χ3v) is 2.99. The summed E-state index contributed by atoms with van der Waals surface area (Å²) < 4.78 is 5.66. The lowest BCUT2D eigenvalue weighted by molar-refractivity contribution is 0.333. The van der Waals surface area contributed by atoms with Crippen molar-refractivity contribution in [2.75, 3.05) is 6.61 Å². The number of unbranched alkanes of at least 4 members (excludes halogenated alkanes) is 2. The molecule has 0 fully saturated rings. The van der Waals surface area contributed by atoms with Gasteiger partial charge in [0.05, 0.1) is 6.61 Å². The van der Waals surface area contributed by atoms with Crippen LogP contribution in [0, 0.1) is 0 Å². The van der Waals surface area contributed by atoms with Gasteiger partial charge in [0.15, 0.2) is 0 Å². The van der Waals surface area contributed by atoms with E-state index < -0.39 is 0 Å². The Morgan fingerprint density at radius 1 is 1.12 bits per heavy atom. The minimum absolute atomic E-state index is 0.606. The molecular weight excluding hydrogens is 196 g/mol. The van der Waals surface area contributed by atoms with Crippen molar-refractivity contribution in [1.82, 2.24) is 0 Å². The number of hydrogen-bond acceptors (Lipinski definition) is 1. The lowest BCUT2D eigenvalue weighted by Crippen LogP contribution is -2.00. The third-order valence-electron chi connectivity index (χ3n) is 2.99. The second kappa shape index (κ2) is 7.32. The second-order valence-electron chi connectivity index (χ2n) is 4.37. The highest BCUT2D eigenvalue weighted by Gasteiger charge is 2.10. The highest BCUT2D eigenvalue weighted by Crippen LogP contribution is 2.29. The average Bonchev–Trinajstić information content (AvgIpc) is 2.30. The van der Waals surface area contributed by atoms with Gasteiger partial charge in [-0.05, 0) is 30.9 Å². The molecule has 1 aromatic carbocycles.